The van der Waals surface area contributed by atoms with Gasteiger partial charge in [-0.2, -0.15) is 4.31 Å². The van der Waals surface area contributed by atoms with E-state index in [9.17, 15) is 13.2 Å². The summed E-state index contributed by atoms with van der Waals surface area (Å²) in [4.78, 5) is 13.7. The Morgan fingerprint density at radius 2 is 1.54 bits per heavy atom. The topological polar surface area (TPSA) is 89.9 Å². The first-order chi connectivity index (χ1) is 12.4. The zero-order valence-electron chi connectivity index (χ0n) is 13.8. The van der Waals surface area contributed by atoms with Gasteiger partial charge in [0, 0.05) is 41.9 Å². The predicted octanol–water partition coefficient (Wildman–Crippen LogP) is 2.08. The zero-order chi connectivity index (χ0) is 18.7. The number of sulfonamides is 1. The van der Waals surface area contributed by atoms with Gasteiger partial charge < -0.3 is 4.90 Å². The van der Waals surface area contributed by atoms with E-state index >= 15 is 0 Å². The maximum atomic E-state index is 12.7. The third-order valence-corrected chi connectivity index (χ3v) is 6.73. The molecular formula is C17H18BrN3O4S. The summed E-state index contributed by atoms with van der Waals surface area (Å²) in [5, 5.41) is 8.65. The first kappa shape index (κ1) is 18.8. The summed E-state index contributed by atoms with van der Waals surface area (Å²) in [6, 6.07) is 13.4. The van der Waals surface area contributed by atoms with E-state index in [0.29, 0.717) is 31.7 Å². The molecule has 1 fully saturated rings. The molecule has 0 unspecified atom stereocenters. The van der Waals surface area contributed by atoms with E-state index in [1.54, 1.807) is 54.0 Å². The van der Waals surface area contributed by atoms with Gasteiger partial charge >= 0.3 is 0 Å². The highest BCUT2D eigenvalue weighted by Crippen LogP contribution is 2.22. The molecule has 0 radical (unpaired) electrons. The second kappa shape index (κ2) is 7.75. The van der Waals surface area contributed by atoms with Crippen LogP contribution in [0, 0.1) is 0 Å². The molecule has 1 amide bonds. The van der Waals surface area contributed by atoms with Crippen molar-refractivity contribution in [2.45, 2.75) is 4.90 Å². The molecule has 0 bridgehead atoms. The fraction of sp³-hybridized carbons (Fsp3) is 0.235. The number of anilines is 1. The van der Waals surface area contributed by atoms with Gasteiger partial charge in [0.15, 0.2) is 0 Å². The monoisotopic (exact) mass is 439 g/mol. The number of nitrogens with zero attached hydrogens (tertiary/aromatic N) is 2. The quantitative estimate of drug-likeness (QED) is 0.562. The Hall–Kier alpha value is -1.94. The molecule has 1 saturated heterocycles. The Morgan fingerprint density at radius 1 is 0.962 bits per heavy atom. The van der Waals surface area contributed by atoms with Crippen LogP contribution in [-0.4, -0.2) is 50.0 Å². The number of hydrogen-bond donors (Lipinski definition) is 2. The van der Waals surface area contributed by atoms with Crippen molar-refractivity contribution < 1.29 is 18.4 Å². The van der Waals surface area contributed by atoms with E-state index in [0.717, 1.165) is 10.2 Å². The van der Waals surface area contributed by atoms with Crippen LogP contribution < -0.4 is 10.4 Å². The van der Waals surface area contributed by atoms with E-state index in [2.05, 4.69) is 20.8 Å². The van der Waals surface area contributed by atoms with Crippen LogP contribution in [0.25, 0.3) is 0 Å². The number of amides is 1. The van der Waals surface area contributed by atoms with Gasteiger partial charge in [-0.1, -0.05) is 15.9 Å². The Bertz CT molecular complexity index is 877. The number of hydrogen-bond acceptors (Lipinski definition) is 5. The number of benzene rings is 2. The SMILES string of the molecule is O=C(NO)c1ccc(N2CCN(S(=O)(=O)c3ccc(Br)cc3)CC2)cc1. The van der Waals surface area contributed by atoms with E-state index in [-0.39, 0.29) is 4.90 Å². The Kier molecular flexibility index (Phi) is 5.61. The molecule has 0 saturated carbocycles. The molecule has 0 aromatic heterocycles. The summed E-state index contributed by atoms with van der Waals surface area (Å²) >= 11 is 3.31. The third kappa shape index (κ3) is 3.90. The highest BCUT2D eigenvalue weighted by Gasteiger charge is 2.28. The molecule has 7 nitrogen and oxygen atoms in total. The van der Waals surface area contributed by atoms with Crippen LogP contribution in [0.3, 0.4) is 0 Å². The molecule has 9 heteroatoms. The summed E-state index contributed by atoms with van der Waals surface area (Å²) in [7, 11) is -3.50. The molecule has 3 rings (SSSR count). The lowest BCUT2D eigenvalue weighted by molar-refractivity contribution is 0.0706. The van der Waals surface area contributed by atoms with Crippen LogP contribution in [0.1, 0.15) is 10.4 Å². The number of rotatable bonds is 4. The lowest BCUT2D eigenvalue weighted by Crippen LogP contribution is -2.48. The Balaban J connectivity index is 1.67. The minimum Gasteiger partial charge on any atom is -0.369 e. The van der Waals surface area contributed by atoms with Gasteiger partial charge in [0.25, 0.3) is 5.91 Å². The number of carbonyl (C=O) groups is 1. The van der Waals surface area contributed by atoms with Crippen molar-refractivity contribution in [1.82, 2.24) is 9.79 Å². The van der Waals surface area contributed by atoms with Crippen molar-refractivity contribution in [1.29, 1.82) is 0 Å². The van der Waals surface area contributed by atoms with Gasteiger partial charge in [0.2, 0.25) is 10.0 Å². The number of carbonyl (C=O) groups excluding carboxylic acids is 1. The van der Waals surface area contributed by atoms with E-state index in [1.807, 2.05) is 0 Å². The zero-order valence-corrected chi connectivity index (χ0v) is 16.2. The van der Waals surface area contributed by atoms with Crippen molar-refractivity contribution in [2.24, 2.45) is 0 Å². The van der Waals surface area contributed by atoms with Crippen molar-refractivity contribution in [3.05, 3.63) is 58.6 Å². The number of halogens is 1. The average Bonchev–Trinajstić information content (AvgIpc) is 2.68. The molecule has 1 heterocycles. The normalized spacial score (nSPS) is 15.7. The van der Waals surface area contributed by atoms with Gasteiger partial charge in [-0.3, -0.25) is 10.0 Å². The molecule has 1 aliphatic heterocycles. The average molecular weight is 440 g/mol. The minimum atomic E-state index is -3.50. The summed E-state index contributed by atoms with van der Waals surface area (Å²) in [5.41, 5.74) is 2.85. The molecule has 2 aromatic carbocycles. The van der Waals surface area contributed by atoms with Gasteiger partial charge in [0.1, 0.15) is 0 Å². The third-order valence-electron chi connectivity index (χ3n) is 4.29. The molecule has 2 N–H and O–H groups in total. The van der Waals surface area contributed by atoms with Crippen LogP contribution in [-0.2, 0) is 10.0 Å². The molecule has 26 heavy (non-hydrogen) atoms. The lowest BCUT2D eigenvalue weighted by Gasteiger charge is -2.35. The number of hydroxylamine groups is 1. The molecule has 138 valence electrons. The summed E-state index contributed by atoms with van der Waals surface area (Å²) in [5.74, 6) is -0.568. The summed E-state index contributed by atoms with van der Waals surface area (Å²) < 4.78 is 27.8. The van der Waals surface area contributed by atoms with Crippen molar-refractivity contribution in [3.63, 3.8) is 0 Å². The maximum absolute atomic E-state index is 12.7. The van der Waals surface area contributed by atoms with Crippen molar-refractivity contribution in [2.75, 3.05) is 31.1 Å². The van der Waals surface area contributed by atoms with Gasteiger partial charge in [-0.05, 0) is 48.5 Å². The summed E-state index contributed by atoms with van der Waals surface area (Å²) in [6.07, 6.45) is 0. The number of piperazine rings is 1. The molecular weight excluding hydrogens is 422 g/mol. The predicted molar refractivity (Wildman–Crippen MR) is 101 cm³/mol. The Morgan fingerprint density at radius 3 is 2.08 bits per heavy atom. The fourth-order valence-electron chi connectivity index (χ4n) is 2.83. The lowest BCUT2D eigenvalue weighted by atomic mass is 10.2. The molecule has 0 aliphatic carbocycles. The van der Waals surface area contributed by atoms with E-state index in [1.165, 1.54) is 4.31 Å². The Labute approximate surface area is 160 Å². The summed E-state index contributed by atoms with van der Waals surface area (Å²) in [6.45, 7) is 1.89. The van der Waals surface area contributed by atoms with Gasteiger partial charge in [0.05, 0.1) is 4.90 Å². The van der Waals surface area contributed by atoms with Gasteiger partial charge in [-0.25, -0.2) is 13.9 Å². The minimum absolute atomic E-state index is 0.286. The highest BCUT2D eigenvalue weighted by atomic mass is 79.9. The molecule has 2 aromatic rings. The highest BCUT2D eigenvalue weighted by molar-refractivity contribution is 9.10. The molecule has 1 aliphatic rings. The van der Waals surface area contributed by atoms with Crippen LogP contribution in [0.5, 0.6) is 0 Å². The van der Waals surface area contributed by atoms with Crippen LogP contribution in [0.15, 0.2) is 57.9 Å². The smallest absolute Gasteiger partial charge is 0.274 e. The number of nitrogens with one attached hydrogen (secondary N) is 1. The first-order valence-corrected chi connectivity index (χ1v) is 10.2. The van der Waals surface area contributed by atoms with E-state index < -0.39 is 15.9 Å². The van der Waals surface area contributed by atoms with Crippen LogP contribution >= 0.6 is 15.9 Å². The van der Waals surface area contributed by atoms with Crippen LogP contribution in [0.2, 0.25) is 0 Å². The first-order valence-electron chi connectivity index (χ1n) is 7.97. The standard InChI is InChI=1S/C17H18BrN3O4S/c18-14-3-7-16(8-4-14)26(24,25)21-11-9-20(10-12-21)15-5-1-13(2-6-15)17(22)19-23/h1-8,23H,9-12H2,(H,19,22). The second-order valence-corrected chi connectivity index (χ2v) is 8.69. The molecule has 0 atom stereocenters. The largest absolute Gasteiger partial charge is 0.369 e. The fourth-order valence-corrected chi connectivity index (χ4v) is 4.52. The van der Waals surface area contributed by atoms with Gasteiger partial charge in [-0.15, -0.1) is 0 Å². The molecule has 0 spiro atoms. The van der Waals surface area contributed by atoms with E-state index in [4.69, 9.17) is 5.21 Å². The van der Waals surface area contributed by atoms with Crippen molar-refractivity contribution in [3.8, 4) is 0 Å². The van der Waals surface area contributed by atoms with Crippen molar-refractivity contribution >= 4 is 37.5 Å². The second-order valence-electron chi connectivity index (χ2n) is 5.83. The van der Waals surface area contributed by atoms with Crippen LogP contribution in [0.4, 0.5) is 5.69 Å². The maximum Gasteiger partial charge on any atom is 0.274 e.